The first-order valence-corrected chi connectivity index (χ1v) is 11.4. The van der Waals surface area contributed by atoms with Crippen molar-refractivity contribution in [2.24, 2.45) is 0 Å². The van der Waals surface area contributed by atoms with Crippen LogP contribution in [-0.2, 0) is 23.0 Å². The van der Waals surface area contributed by atoms with Gasteiger partial charge in [-0.1, -0.05) is 24.3 Å². The second kappa shape index (κ2) is 7.89. The van der Waals surface area contributed by atoms with Crippen LogP contribution in [0.15, 0.2) is 53.4 Å². The van der Waals surface area contributed by atoms with Crippen LogP contribution in [0, 0.1) is 0 Å². The minimum Gasteiger partial charge on any atom is -0.337 e. The molecule has 2 aromatic rings. The predicted octanol–water partition coefficient (Wildman–Crippen LogP) is 2.21. The molecule has 2 aliphatic rings. The first kappa shape index (κ1) is 20.1. The maximum Gasteiger partial charge on any atom is 0.253 e. The lowest BCUT2D eigenvalue weighted by molar-refractivity contribution is 0.0773. The Morgan fingerprint density at radius 3 is 2.38 bits per heavy atom. The van der Waals surface area contributed by atoms with Crippen molar-refractivity contribution in [3.05, 3.63) is 65.2 Å². The minimum atomic E-state index is -3.48. The Morgan fingerprint density at radius 1 is 1.00 bits per heavy atom. The van der Waals surface area contributed by atoms with E-state index in [-0.39, 0.29) is 10.8 Å². The Bertz CT molecular complexity index is 1000. The van der Waals surface area contributed by atoms with Crippen LogP contribution in [-0.4, -0.2) is 68.2 Å². The van der Waals surface area contributed by atoms with Gasteiger partial charge in [-0.2, -0.15) is 0 Å². The zero-order chi connectivity index (χ0) is 20.6. The summed E-state index contributed by atoms with van der Waals surface area (Å²) in [4.78, 5) is 17.5. The number of carbonyl (C=O) groups excluding carboxylic acids is 1. The van der Waals surface area contributed by atoms with Crippen LogP contribution in [0.25, 0.3) is 0 Å². The lowest BCUT2D eigenvalue weighted by Crippen LogP contribution is -2.41. The van der Waals surface area contributed by atoms with E-state index in [0.717, 1.165) is 39.0 Å². The molecule has 7 heteroatoms. The second-order valence-corrected chi connectivity index (χ2v) is 10.1. The van der Waals surface area contributed by atoms with Crippen LogP contribution in [0.5, 0.6) is 0 Å². The molecule has 0 aliphatic carbocycles. The quantitative estimate of drug-likeness (QED) is 0.771. The van der Waals surface area contributed by atoms with Gasteiger partial charge in [0.15, 0.2) is 0 Å². The van der Waals surface area contributed by atoms with Crippen molar-refractivity contribution < 1.29 is 13.2 Å². The van der Waals surface area contributed by atoms with E-state index in [4.69, 9.17) is 0 Å². The van der Waals surface area contributed by atoms with Crippen molar-refractivity contribution in [1.29, 1.82) is 0 Å². The van der Waals surface area contributed by atoms with Crippen LogP contribution < -0.4 is 0 Å². The lowest BCUT2D eigenvalue weighted by atomic mass is 9.98. The number of likely N-dealkylation sites (tertiary alicyclic amines) is 1. The zero-order valence-corrected chi connectivity index (χ0v) is 17.7. The number of benzene rings is 2. The van der Waals surface area contributed by atoms with Gasteiger partial charge in [-0.25, -0.2) is 12.7 Å². The maximum atomic E-state index is 12.9. The third-order valence-corrected chi connectivity index (χ3v) is 7.84. The molecule has 29 heavy (non-hydrogen) atoms. The molecule has 0 bridgehead atoms. The van der Waals surface area contributed by atoms with Crippen molar-refractivity contribution in [2.75, 3.05) is 33.7 Å². The van der Waals surface area contributed by atoms with Gasteiger partial charge in [-0.15, -0.1) is 0 Å². The molecule has 0 spiro atoms. The van der Waals surface area contributed by atoms with E-state index in [1.807, 2.05) is 4.90 Å². The molecule has 0 N–H and O–H groups in total. The van der Waals surface area contributed by atoms with Crippen molar-refractivity contribution >= 4 is 15.9 Å². The van der Waals surface area contributed by atoms with Crippen LogP contribution in [0.1, 0.15) is 27.9 Å². The topological polar surface area (TPSA) is 60.9 Å². The van der Waals surface area contributed by atoms with Gasteiger partial charge in [0.25, 0.3) is 5.91 Å². The number of nitrogens with zero attached hydrogens (tertiary/aromatic N) is 3. The standard InChI is InChI=1S/C22H27N3O3S/c1-23(2)29(27,28)21-9-7-18(8-10-21)22(26)25-14-12-20(16-25)24-13-11-17-5-3-4-6-19(17)15-24/h3-10,20H,11-16H2,1-2H3. The monoisotopic (exact) mass is 413 g/mol. The fraction of sp³-hybridized carbons (Fsp3) is 0.409. The summed E-state index contributed by atoms with van der Waals surface area (Å²) < 4.78 is 25.6. The molecule has 1 unspecified atom stereocenters. The molecule has 0 aromatic heterocycles. The molecule has 4 rings (SSSR count). The number of rotatable bonds is 4. The fourth-order valence-corrected chi connectivity index (χ4v) is 5.12. The molecular formula is C22H27N3O3S. The summed E-state index contributed by atoms with van der Waals surface area (Å²) in [6, 6.07) is 15.2. The zero-order valence-electron chi connectivity index (χ0n) is 16.9. The molecule has 154 valence electrons. The van der Waals surface area contributed by atoms with Gasteiger partial charge in [0, 0.05) is 51.9 Å². The third kappa shape index (κ3) is 3.95. The maximum absolute atomic E-state index is 12.9. The predicted molar refractivity (Wildman–Crippen MR) is 112 cm³/mol. The number of carbonyl (C=O) groups is 1. The molecule has 1 fully saturated rings. The Balaban J connectivity index is 1.41. The van der Waals surface area contributed by atoms with Crippen LogP contribution in [0.2, 0.25) is 0 Å². The van der Waals surface area contributed by atoms with E-state index in [1.54, 1.807) is 12.1 Å². The van der Waals surface area contributed by atoms with Gasteiger partial charge in [0.1, 0.15) is 0 Å². The number of amides is 1. The SMILES string of the molecule is CN(C)S(=O)(=O)c1ccc(C(=O)N2CCC(N3CCc4ccccc4C3)C2)cc1. The largest absolute Gasteiger partial charge is 0.337 e. The van der Waals surface area contributed by atoms with E-state index >= 15 is 0 Å². The Morgan fingerprint density at radius 2 is 1.69 bits per heavy atom. The van der Waals surface area contributed by atoms with Gasteiger partial charge in [-0.05, 0) is 48.2 Å². The summed E-state index contributed by atoms with van der Waals surface area (Å²) in [7, 11) is -0.489. The fourth-order valence-electron chi connectivity index (χ4n) is 4.22. The summed E-state index contributed by atoms with van der Waals surface area (Å²) in [6.45, 7) is 3.43. The molecular weight excluding hydrogens is 386 g/mol. The van der Waals surface area contributed by atoms with Crippen LogP contribution in [0.3, 0.4) is 0 Å². The Hall–Kier alpha value is -2.22. The summed E-state index contributed by atoms with van der Waals surface area (Å²) in [6.07, 6.45) is 2.03. The molecule has 0 radical (unpaired) electrons. The van der Waals surface area contributed by atoms with E-state index in [9.17, 15) is 13.2 Å². The van der Waals surface area contributed by atoms with E-state index in [0.29, 0.717) is 11.6 Å². The van der Waals surface area contributed by atoms with Crippen molar-refractivity contribution in [3.63, 3.8) is 0 Å². The van der Waals surface area contributed by atoms with E-state index in [1.165, 1.54) is 41.7 Å². The third-order valence-electron chi connectivity index (χ3n) is 6.01. The first-order valence-electron chi connectivity index (χ1n) is 9.99. The van der Waals surface area contributed by atoms with Crippen LogP contribution in [0.4, 0.5) is 0 Å². The van der Waals surface area contributed by atoms with Crippen molar-refractivity contribution in [3.8, 4) is 0 Å². The molecule has 1 atom stereocenters. The van der Waals surface area contributed by atoms with E-state index < -0.39 is 10.0 Å². The molecule has 1 amide bonds. The Labute approximate surface area is 172 Å². The van der Waals surface area contributed by atoms with Gasteiger partial charge < -0.3 is 4.90 Å². The highest BCUT2D eigenvalue weighted by atomic mass is 32.2. The minimum absolute atomic E-state index is 0.0290. The van der Waals surface area contributed by atoms with Gasteiger partial charge >= 0.3 is 0 Å². The number of hydrogen-bond acceptors (Lipinski definition) is 4. The highest BCUT2D eigenvalue weighted by Gasteiger charge is 2.32. The average molecular weight is 414 g/mol. The number of hydrogen-bond donors (Lipinski definition) is 0. The highest BCUT2D eigenvalue weighted by Crippen LogP contribution is 2.25. The summed E-state index contributed by atoms with van der Waals surface area (Å²) in [5.74, 6) is -0.0290. The molecule has 0 saturated carbocycles. The van der Waals surface area contributed by atoms with Crippen LogP contribution >= 0.6 is 0 Å². The first-order chi connectivity index (χ1) is 13.9. The summed E-state index contributed by atoms with van der Waals surface area (Å²) >= 11 is 0. The van der Waals surface area contributed by atoms with Crippen molar-refractivity contribution in [1.82, 2.24) is 14.1 Å². The molecule has 2 heterocycles. The molecule has 2 aromatic carbocycles. The second-order valence-electron chi connectivity index (χ2n) is 7.99. The normalized spacial score (nSPS) is 20.1. The average Bonchev–Trinajstić information content (AvgIpc) is 3.23. The Kier molecular flexibility index (Phi) is 5.46. The van der Waals surface area contributed by atoms with Gasteiger partial charge in [0.2, 0.25) is 10.0 Å². The highest BCUT2D eigenvalue weighted by molar-refractivity contribution is 7.89. The molecule has 6 nitrogen and oxygen atoms in total. The molecule has 2 aliphatic heterocycles. The van der Waals surface area contributed by atoms with Gasteiger partial charge in [0.05, 0.1) is 4.90 Å². The number of fused-ring (bicyclic) bond motifs is 1. The molecule has 1 saturated heterocycles. The van der Waals surface area contributed by atoms with Gasteiger partial charge in [-0.3, -0.25) is 9.69 Å². The summed E-state index contributed by atoms with van der Waals surface area (Å²) in [5.41, 5.74) is 3.36. The van der Waals surface area contributed by atoms with Crippen molar-refractivity contribution in [2.45, 2.75) is 30.3 Å². The summed E-state index contributed by atoms with van der Waals surface area (Å²) in [5, 5.41) is 0. The number of sulfonamides is 1. The smallest absolute Gasteiger partial charge is 0.253 e. The lowest BCUT2D eigenvalue weighted by Gasteiger charge is -2.33. The van der Waals surface area contributed by atoms with E-state index in [2.05, 4.69) is 29.2 Å².